The van der Waals surface area contributed by atoms with Crippen LogP contribution >= 0.6 is 0 Å². The molecule has 0 saturated heterocycles. The molecule has 2 aliphatic rings. The number of aromatic nitrogens is 2. The number of para-hydroxylation sites is 4. The number of furan rings is 1. The van der Waals surface area contributed by atoms with Crippen molar-refractivity contribution in [1.29, 1.82) is 0 Å². The van der Waals surface area contributed by atoms with Crippen LogP contribution in [0.25, 0.3) is 88.0 Å². The first-order valence-electron chi connectivity index (χ1n) is 21.7. The minimum absolute atomic E-state index is 0.413. The summed E-state index contributed by atoms with van der Waals surface area (Å²) >= 11 is 0. The second-order valence-electron chi connectivity index (χ2n) is 16.9. The van der Waals surface area contributed by atoms with E-state index in [4.69, 9.17) is 9.41 Å². The van der Waals surface area contributed by atoms with Crippen LogP contribution in [0.2, 0.25) is 0 Å². The molecule has 3 aromatic heterocycles. The largest absolute Gasteiger partial charge is 0.464 e. The third-order valence-corrected chi connectivity index (χ3v) is 14.0. The molecule has 294 valence electrons. The highest BCUT2D eigenvalue weighted by Crippen LogP contribution is 2.64. The predicted octanol–water partition coefficient (Wildman–Crippen LogP) is 14.6. The zero-order valence-corrected chi connectivity index (χ0v) is 34.2. The van der Waals surface area contributed by atoms with Gasteiger partial charge in [0.1, 0.15) is 24.4 Å². The molecule has 2 aliphatic carbocycles. The minimum Gasteiger partial charge on any atom is -0.464 e. The van der Waals surface area contributed by atoms with Gasteiger partial charge in [-0.2, -0.15) is 0 Å². The van der Waals surface area contributed by atoms with Crippen LogP contribution in [0.3, 0.4) is 0 Å². The summed E-state index contributed by atoms with van der Waals surface area (Å²) in [5, 5.41) is 5.85. The van der Waals surface area contributed by atoms with Gasteiger partial charge in [-0.1, -0.05) is 170 Å². The van der Waals surface area contributed by atoms with Gasteiger partial charge in [-0.25, -0.2) is 4.99 Å². The average molecular weight is 804 g/mol. The lowest BCUT2D eigenvalue weighted by Gasteiger charge is -2.30. The summed E-state index contributed by atoms with van der Waals surface area (Å²) in [4.78, 5) is 5.67. The number of fused-ring (bicyclic) bond motifs is 17. The van der Waals surface area contributed by atoms with E-state index in [0.717, 1.165) is 50.0 Å². The smallest absolute Gasteiger partial charge is 0.145 e. The van der Waals surface area contributed by atoms with Crippen molar-refractivity contribution in [2.24, 2.45) is 4.99 Å². The number of nitrogens with zero attached hydrogens (tertiary/aromatic N) is 3. The van der Waals surface area contributed by atoms with E-state index >= 15 is 0 Å². The highest BCUT2D eigenvalue weighted by molar-refractivity contribution is 6.21. The molecule has 0 N–H and O–H groups in total. The Hall–Kier alpha value is -8.21. The van der Waals surface area contributed by atoms with E-state index in [1.807, 2.05) is 6.26 Å². The summed E-state index contributed by atoms with van der Waals surface area (Å²) in [5.41, 5.74) is 18.7. The average Bonchev–Trinajstić information content (AvgIpc) is 4.15. The summed E-state index contributed by atoms with van der Waals surface area (Å²) in [7, 11) is 0. The van der Waals surface area contributed by atoms with E-state index < -0.39 is 5.41 Å². The van der Waals surface area contributed by atoms with Crippen LogP contribution in [0.15, 0.2) is 222 Å². The van der Waals surface area contributed by atoms with Gasteiger partial charge in [0.15, 0.2) is 0 Å². The highest BCUT2D eigenvalue weighted by Gasteiger charge is 2.52. The summed E-state index contributed by atoms with van der Waals surface area (Å²) in [6.07, 6.45) is 1.91. The Morgan fingerprint density at radius 2 is 0.905 bits per heavy atom. The van der Waals surface area contributed by atoms with E-state index in [9.17, 15) is 0 Å². The second kappa shape index (κ2) is 12.9. The highest BCUT2D eigenvalue weighted by atomic mass is 16.3. The van der Waals surface area contributed by atoms with E-state index in [1.54, 1.807) is 0 Å². The molecule has 0 fully saturated rings. The monoisotopic (exact) mass is 803 g/mol. The third-order valence-electron chi connectivity index (χ3n) is 14.0. The molecular formula is C59H37N3O. The number of hydrogen-bond donors (Lipinski definition) is 0. The van der Waals surface area contributed by atoms with Crippen LogP contribution in [0.5, 0.6) is 0 Å². The van der Waals surface area contributed by atoms with E-state index in [0.29, 0.717) is 6.67 Å². The summed E-state index contributed by atoms with van der Waals surface area (Å²) in [6.45, 7) is 0.421. The molecule has 0 saturated carbocycles. The summed E-state index contributed by atoms with van der Waals surface area (Å²) in [6, 6.07) is 75.3. The fourth-order valence-electron chi connectivity index (χ4n) is 11.5. The Balaban J connectivity index is 1.01. The van der Waals surface area contributed by atoms with Crippen molar-refractivity contribution in [2.75, 3.05) is 0 Å². The molecule has 4 nitrogen and oxygen atoms in total. The zero-order chi connectivity index (χ0) is 41.2. The van der Waals surface area contributed by atoms with Gasteiger partial charge < -0.3 is 8.98 Å². The maximum atomic E-state index is 6.52. The second-order valence-corrected chi connectivity index (χ2v) is 16.9. The Morgan fingerprint density at radius 1 is 0.429 bits per heavy atom. The molecule has 0 unspecified atom stereocenters. The summed E-state index contributed by atoms with van der Waals surface area (Å²) in [5.74, 6) is 0.840. The van der Waals surface area contributed by atoms with Crippen LogP contribution in [-0.4, -0.2) is 15.0 Å². The molecule has 1 spiro atoms. The first-order chi connectivity index (χ1) is 31.3. The van der Waals surface area contributed by atoms with Crippen molar-refractivity contribution in [3.05, 3.63) is 240 Å². The molecule has 4 heteroatoms. The van der Waals surface area contributed by atoms with Gasteiger partial charge in [0.2, 0.25) is 0 Å². The molecule has 63 heavy (non-hydrogen) atoms. The fraction of sp³-hybridized carbons (Fsp3) is 0.0339. The van der Waals surface area contributed by atoms with Crippen molar-refractivity contribution >= 4 is 60.4 Å². The van der Waals surface area contributed by atoms with Crippen molar-refractivity contribution in [2.45, 2.75) is 12.1 Å². The number of rotatable bonds is 4. The van der Waals surface area contributed by atoms with Crippen LogP contribution < -0.4 is 0 Å². The molecule has 0 amide bonds. The van der Waals surface area contributed by atoms with Gasteiger partial charge in [0.25, 0.3) is 0 Å². The lowest BCUT2D eigenvalue weighted by molar-refractivity contribution is 0.615. The number of aliphatic imine (C=N–C) groups is 1. The van der Waals surface area contributed by atoms with Crippen LogP contribution in [0.1, 0.15) is 27.8 Å². The van der Waals surface area contributed by atoms with Gasteiger partial charge in [0.05, 0.1) is 33.0 Å². The lowest BCUT2D eigenvalue weighted by atomic mass is 9.70. The van der Waals surface area contributed by atoms with Crippen molar-refractivity contribution in [3.8, 4) is 33.4 Å². The predicted molar refractivity (Wildman–Crippen MR) is 259 cm³/mol. The topological polar surface area (TPSA) is 35.4 Å². The normalized spacial score (nSPS) is 13.7. The first kappa shape index (κ1) is 34.5. The van der Waals surface area contributed by atoms with Crippen molar-refractivity contribution in [1.82, 2.24) is 9.13 Å². The van der Waals surface area contributed by atoms with Gasteiger partial charge >= 0.3 is 0 Å². The Bertz CT molecular complexity index is 3760. The zero-order valence-electron chi connectivity index (χ0n) is 34.2. The van der Waals surface area contributed by atoms with Crippen LogP contribution in [-0.2, 0) is 12.1 Å². The third kappa shape index (κ3) is 4.56. The van der Waals surface area contributed by atoms with Gasteiger partial charge in [-0.3, -0.25) is 4.57 Å². The molecular weight excluding hydrogens is 767 g/mol. The number of benzene rings is 9. The molecule has 0 atom stereocenters. The fourth-order valence-corrected chi connectivity index (χ4v) is 11.5. The quantitative estimate of drug-likeness (QED) is 0.129. The molecule has 3 heterocycles. The first-order valence-corrected chi connectivity index (χ1v) is 21.7. The maximum Gasteiger partial charge on any atom is 0.145 e. The van der Waals surface area contributed by atoms with Crippen LogP contribution in [0.4, 0.5) is 0 Å². The van der Waals surface area contributed by atoms with Crippen molar-refractivity contribution in [3.63, 3.8) is 0 Å². The molecule has 14 rings (SSSR count). The minimum atomic E-state index is -0.413. The molecule has 0 radical (unpaired) electrons. The Kier molecular flexibility index (Phi) is 7.06. The molecule has 12 aromatic rings. The van der Waals surface area contributed by atoms with Crippen molar-refractivity contribution < 1.29 is 4.42 Å². The van der Waals surface area contributed by atoms with E-state index in [-0.39, 0.29) is 0 Å². The maximum absolute atomic E-state index is 6.52. The lowest BCUT2D eigenvalue weighted by Crippen LogP contribution is -2.25. The molecule has 0 bridgehead atoms. The van der Waals surface area contributed by atoms with Gasteiger partial charge in [0, 0.05) is 26.9 Å². The molecule has 9 aromatic carbocycles. The van der Waals surface area contributed by atoms with Crippen LogP contribution in [0, 0.1) is 0 Å². The van der Waals surface area contributed by atoms with Gasteiger partial charge in [-0.05, 0) is 92.0 Å². The Morgan fingerprint density at radius 3 is 1.52 bits per heavy atom. The van der Waals surface area contributed by atoms with Gasteiger partial charge in [-0.15, -0.1) is 0 Å². The van der Waals surface area contributed by atoms with E-state index in [2.05, 4.69) is 215 Å². The molecule has 0 aliphatic heterocycles. The Labute approximate surface area is 363 Å². The SMILES string of the molecule is c1ccc2c(c1)-c1ccccc1C21c2ccccc2-c2c(-c3ccc4occ(/C(=N\Cn5c6ccccc6c6ccccc65)n5c6ccccc6c6ccccc65)c4c3)cccc21. The van der Waals surface area contributed by atoms with E-state index in [1.165, 1.54) is 71.6 Å². The number of hydrogen-bond acceptors (Lipinski definition) is 2. The summed E-state index contributed by atoms with van der Waals surface area (Å²) < 4.78 is 11.2. The standard InChI is InChI=1S/C59H37N3O/c1-8-24-48-39(16-1)40-17-2-9-25-49(40)59(48)50-26-10-3-22-45(50)57-38(23-15-27-51(57)59)37-32-33-56-46(34-37)47(35-63-56)58(62-54-30-13-6-20-43(54)44-21-7-14-31-55(44)62)60-36-61-52-28-11-4-18-41(52)42-19-5-12-29-53(42)61/h1-35H,36H2/b60-58+.